The van der Waals surface area contributed by atoms with Crippen LogP contribution in [-0.2, 0) is 4.79 Å². The largest absolute Gasteiger partial charge is 0.497 e. The van der Waals surface area contributed by atoms with Gasteiger partial charge in [-0.05, 0) is 36.1 Å². The zero-order valence-electron chi connectivity index (χ0n) is 16.8. The van der Waals surface area contributed by atoms with Crippen LogP contribution in [-0.4, -0.2) is 40.7 Å². The van der Waals surface area contributed by atoms with Crippen molar-refractivity contribution in [3.63, 3.8) is 0 Å². The van der Waals surface area contributed by atoms with Crippen LogP contribution in [0.4, 0.5) is 5.69 Å². The van der Waals surface area contributed by atoms with Gasteiger partial charge in [-0.2, -0.15) is 4.98 Å². The summed E-state index contributed by atoms with van der Waals surface area (Å²) in [5.74, 6) is 0.964. The first kappa shape index (κ1) is 19.9. The monoisotopic (exact) mass is 420 g/mol. The number of methoxy groups -OCH3 is 1. The second kappa shape index (κ2) is 8.54. The maximum atomic E-state index is 12.6. The minimum absolute atomic E-state index is 0.155. The lowest BCUT2D eigenvalue weighted by Gasteiger charge is -2.27. The lowest BCUT2D eigenvalue weighted by Crippen LogP contribution is -2.41. The van der Waals surface area contributed by atoms with Gasteiger partial charge >= 0.3 is 0 Å². The maximum Gasteiger partial charge on any atom is 0.247 e. The van der Waals surface area contributed by atoms with Gasteiger partial charge in [0.05, 0.1) is 12.8 Å². The summed E-state index contributed by atoms with van der Waals surface area (Å²) >= 11 is 1.38. The molecule has 0 spiro atoms. The Hall–Kier alpha value is -3.39. The molecule has 0 saturated carbocycles. The molecule has 1 aliphatic heterocycles. The molecule has 1 amide bonds. The molecule has 0 aliphatic carbocycles. The molecule has 152 valence electrons. The first-order chi connectivity index (χ1) is 14.6. The quantitative estimate of drug-likeness (QED) is 0.589. The summed E-state index contributed by atoms with van der Waals surface area (Å²) in [6, 6.07) is 15.1. The predicted molar refractivity (Wildman–Crippen MR) is 117 cm³/mol. The van der Waals surface area contributed by atoms with Gasteiger partial charge in [0.1, 0.15) is 5.75 Å². The molecule has 8 heteroatoms. The molecule has 1 atom stereocenters. The normalized spacial score (nSPS) is 15.2. The van der Waals surface area contributed by atoms with Crippen LogP contribution in [0, 0.1) is 0 Å². The van der Waals surface area contributed by atoms with Gasteiger partial charge in [-0.15, -0.1) is 10.2 Å². The second-order valence-corrected chi connectivity index (χ2v) is 7.27. The Bertz CT molecular complexity index is 1100. The van der Waals surface area contributed by atoms with Gasteiger partial charge in [0.15, 0.2) is 11.9 Å². The van der Waals surface area contributed by atoms with E-state index >= 15 is 0 Å². The van der Waals surface area contributed by atoms with Crippen molar-refractivity contribution in [2.24, 2.45) is 0 Å². The SMILES string of the molecule is COc1ccc(/C=C/C2Oc3nc(SC)nnc3-c3ccccc3N2C(C)=O)cc1. The number of thioether (sulfide) groups is 1. The number of benzene rings is 2. The Morgan fingerprint density at radius 1 is 1.17 bits per heavy atom. The summed E-state index contributed by atoms with van der Waals surface area (Å²) in [6.45, 7) is 1.51. The van der Waals surface area contributed by atoms with E-state index in [0.29, 0.717) is 22.4 Å². The number of anilines is 1. The average molecular weight is 420 g/mol. The molecule has 30 heavy (non-hydrogen) atoms. The number of carbonyl (C=O) groups excluding carboxylic acids is 1. The van der Waals surface area contributed by atoms with Crippen LogP contribution < -0.4 is 14.4 Å². The zero-order valence-corrected chi connectivity index (χ0v) is 17.6. The minimum Gasteiger partial charge on any atom is -0.497 e. The van der Waals surface area contributed by atoms with Crippen LogP contribution in [0.3, 0.4) is 0 Å². The number of hydrogen-bond donors (Lipinski definition) is 0. The fourth-order valence-corrected chi connectivity index (χ4v) is 3.50. The van der Waals surface area contributed by atoms with Gasteiger partial charge < -0.3 is 9.47 Å². The Kier molecular flexibility index (Phi) is 5.67. The van der Waals surface area contributed by atoms with E-state index < -0.39 is 6.23 Å². The molecular formula is C22H20N4O3S. The number of fused-ring (bicyclic) bond motifs is 3. The Labute approximate surface area is 178 Å². The fraction of sp³-hybridized carbons (Fsp3) is 0.182. The van der Waals surface area contributed by atoms with E-state index in [1.54, 1.807) is 12.0 Å². The molecule has 1 aromatic heterocycles. The van der Waals surface area contributed by atoms with E-state index in [-0.39, 0.29) is 5.91 Å². The van der Waals surface area contributed by atoms with E-state index in [2.05, 4.69) is 15.2 Å². The highest BCUT2D eigenvalue weighted by Crippen LogP contribution is 2.39. The molecule has 2 aromatic carbocycles. The summed E-state index contributed by atoms with van der Waals surface area (Å²) in [6.07, 6.45) is 4.91. The van der Waals surface area contributed by atoms with Gasteiger partial charge in [0.2, 0.25) is 16.9 Å². The summed E-state index contributed by atoms with van der Waals surface area (Å²) in [5, 5.41) is 8.97. The maximum absolute atomic E-state index is 12.6. The number of aromatic nitrogens is 3. The number of para-hydroxylation sites is 1. The van der Waals surface area contributed by atoms with Crippen molar-refractivity contribution < 1.29 is 14.3 Å². The summed E-state index contributed by atoms with van der Waals surface area (Å²) in [7, 11) is 1.63. The third-order valence-corrected chi connectivity index (χ3v) is 5.17. The van der Waals surface area contributed by atoms with Crippen molar-refractivity contribution in [3.05, 3.63) is 60.2 Å². The smallest absolute Gasteiger partial charge is 0.247 e. The Morgan fingerprint density at radius 2 is 1.93 bits per heavy atom. The molecule has 0 bridgehead atoms. The first-order valence-electron chi connectivity index (χ1n) is 9.27. The molecule has 0 saturated heterocycles. The zero-order chi connectivity index (χ0) is 21.1. The topological polar surface area (TPSA) is 77.4 Å². The standard InChI is InChI=1S/C22H20N4O3S/c1-14(27)26-18-7-5-4-6-17(18)20-21(23-22(30-3)25-24-20)29-19(26)13-10-15-8-11-16(28-2)12-9-15/h4-13,19H,1-3H3/b13-10+. The highest BCUT2D eigenvalue weighted by Gasteiger charge is 2.31. The molecule has 3 aromatic rings. The van der Waals surface area contributed by atoms with Crippen molar-refractivity contribution in [2.45, 2.75) is 18.3 Å². The summed E-state index contributed by atoms with van der Waals surface area (Å²) in [5.41, 5.74) is 2.90. The molecule has 1 aliphatic rings. The van der Waals surface area contributed by atoms with Crippen molar-refractivity contribution in [1.82, 2.24) is 15.2 Å². The second-order valence-electron chi connectivity index (χ2n) is 6.50. The summed E-state index contributed by atoms with van der Waals surface area (Å²) < 4.78 is 11.4. The van der Waals surface area contributed by atoms with Crippen LogP contribution in [0.15, 0.2) is 59.8 Å². The average Bonchev–Trinajstić information content (AvgIpc) is 2.91. The summed E-state index contributed by atoms with van der Waals surface area (Å²) in [4.78, 5) is 18.7. The third-order valence-electron chi connectivity index (χ3n) is 4.63. The van der Waals surface area contributed by atoms with Crippen LogP contribution in [0.25, 0.3) is 17.3 Å². The van der Waals surface area contributed by atoms with Crippen LogP contribution >= 0.6 is 11.8 Å². The van der Waals surface area contributed by atoms with E-state index in [0.717, 1.165) is 16.9 Å². The first-order valence-corrected chi connectivity index (χ1v) is 10.5. The lowest BCUT2D eigenvalue weighted by molar-refractivity contribution is -0.117. The van der Waals surface area contributed by atoms with Crippen molar-refractivity contribution in [3.8, 4) is 22.9 Å². The lowest BCUT2D eigenvalue weighted by atomic mass is 10.1. The number of rotatable bonds is 4. The van der Waals surface area contributed by atoms with Crippen molar-refractivity contribution in [2.75, 3.05) is 18.3 Å². The Balaban J connectivity index is 1.80. The number of amides is 1. The molecular weight excluding hydrogens is 400 g/mol. The molecule has 2 heterocycles. The number of nitrogens with zero attached hydrogens (tertiary/aromatic N) is 4. The molecule has 0 N–H and O–H groups in total. The van der Waals surface area contributed by atoms with Gasteiger partial charge in [-0.3, -0.25) is 9.69 Å². The number of ether oxygens (including phenoxy) is 2. The highest BCUT2D eigenvalue weighted by molar-refractivity contribution is 7.98. The van der Waals surface area contributed by atoms with Gasteiger partial charge in [0, 0.05) is 12.5 Å². The number of carbonyl (C=O) groups is 1. The van der Waals surface area contributed by atoms with E-state index in [1.165, 1.54) is 18.7 Å². The fourth-order valence-electron chi connectivity index (χ4n) is 3.21. The van der Waals surface area contributed by atoms with E-state index in [9.17, 15) is 4.79 Å². The molecule has 4 rings (SSSR count). The Morgan fingerprint density at radius 3 is 2.63 bits per heavy atom. The van der Waals surface area contributed by atoms with Gasteiger partial charge in [-0.1, -0.05) is 48.2 Å². The van der Waals surface area contributed by atoms with Gasteiger partial charge in [0.25, 0.3) is 0 Å². The molecule has 0 fully saturated rings. The van der Waals surface area contributed by atoms with Gasteiger partial charge in [-0.25, -0.2) is 0 Å². The van der Waals surface area contributed by atoms with Crippen molar-refractivity contribution in [1.29, 1.82) is 0 Å². The van der Waals surface area contributed by atoms with E-state index in [1.807, 2.05) is 66.9 Å². The molecule has 1 unspecified atom stereocenters. The highest BCUT2D eigenvalue weighted by atomic mass is 32.2. The molecule has 7 nitrogen and oxygen atoms in total. The van der Waals surface area contributed by atoms with Crippen LogP contribution in [0.1, 0.15) is 12.5 Å². The molecule has 0 radical (unpaired) electrons. The number of hydrogen-bond acceptors (Lipinski definition) is 7. The third kappa shape index (κ3) is 3.86. The van der Waals surface area contributed by atoms with Crippen LogP contribution in [0.2, 0.25) is 0 Å². The van der Waals surface area contributed by atoms with Crippen LogP contribution in [0.5, 0.6) is 11.6 Å². The predicted octanol–water partition coefficient (Wildman–Crippen LogP) is 4.05. The minimum atomic E-state index is -0.696. The van der Waals surface area contributed by atoms with E-state index in [4.69, 9.17) is 9.47 Å². The van der Waals surface area contributed by atoms with Crippen molar-refractivity contribution >= 4 is 29.4 Å².